The number of benzene rings is 1. The monoisotopic (exact) mass is 235 g/mol. The van der Waals surface area contributed by atoms with Gasteiger partial charge in [-0.3, -0.25) is 4.79 Å². The lowest BCUT2D eigenvalue weighted by Gasteiger charge is -2.14. The van der Waals surface area contributed by atoms with Crippen LogP contribution in [0.4, 0.5) is 0 Å². The summed E-state index contributed by atoms with van der Waals surface area (Å²) in [6.45, 7) is 11.2. The van der Waals surface area contributed by atoms with E-state index in [1.807, 2.05) is 32.9 Å². The molecule has 0 heterocycles. The first-order valence-electron chi connectivity index (χ1n) is 5.71. The van der Waals surface area contributed by atoms with Crippen LogP contribution in [0.5, 0.6) is 11.5 Å². The van der Waals surface area contributed by atoms with E-state index in [0.717, 1.165) is 5.56 Å². The molecular weight excluding hydrogens is 216 g/mol. The van der Waals surface area contributed by atoms with Crippen molar-refractivity contribution in [3.8, 4) is 11.5 Å². The molecule has 1 aromatic rings. The summed E-state index contributed by atoms with van der Waals surface area (Å²) in [5.74, 6) is 0.972. The highest BCUT2D eigenvalue weighted by Gasteiger charge is 2.08. The van der Waals surface area contributed by atoms with Crippen LogP contribution in [0.1, 0.15) is 39.2 Å². The van der Waals surface area contributed by atoms with Gasteiger partial charge in [0.25, 0.3) is 0 Å². The summed E-state index contributed by atoms with van der Waals surface area (Å²) in [5.41, 5.74) is 0.986. The van der Waals surface area contributed by atoms with Crippen molar-refractivity contribution < 1.29 is 14.3 Å². The summed E-state index contributed by atoms with van der Waals surface area (Å²) in [7, 11) is 0. The van der Waals surface area contributed by atoms with E-state index in [0.29, 0.717) is 11.5 Å². The van der Waals surface area contributed by atoms with Crippen molar-refractivity contribution in [2.75, 3.05) is 0 Å². The highest BCUT2D eigenvalue weighted by Crippen LogP contribution is 2.28. The summed E-state index contributed by atoms with van der Waals surface area (Å²) in [6.07, 6.45) is 0.0792. The smallest absolute Gasteiger partial charge is 0.308 e. The molecule has 0 aliphatic carbocycles. The van der Waals surface area contributed by atoms with Crippen LogP contribution in [-0.2, 0) is 4.79 Å². The van der Waals surface area contributed by atoms with Gasteiger partial charge in [-0.15, -0.1) is 0 Å². The van der Waals surface area contributed by atoms with E-state index < -0.39 is 0 Å². The highest BCUT2D eigenvalue weighted by molar-refractivity contribution is 5.69. The van der Waals surface area contributed by atoms with Crippen molar-refractivity contribution in [3.63, 3.8) is 0 Å². The Labute approximate surface area is 103 Å². The zero-order valence-corrected chi connectivity index (χ0v) is 10.8. The van der Waals surface area contributed by atoms with Crippen LogP contribution in [-0.4, -0.2) is 12.1 Å². The quantitative estimate of drug-likeness (QED) is 0.593. The third-order valence-corrected chi connectivity index (χ3v) is 2.10. The fourth-order valence-electron chi connectivity index (χ4n) is 1.44. The molecule has 1 atom stereocenters. The van der Waals surface area contributed by atoms with Crippen LogP contribution in [0, 0.1) is 6.92 Å². The Morgan fingerprint density at radius 2 is 1.76 bits per heavy atom. The molecule has 0 aliphatic heterocycles. The van der Waals surface area contributed by atoms with Gasteiger partial charge in [-0.25, -0.2) is 0 Å². The summed E-state index contributed by atoms with van der Waals surface area (Å²) < 4.78 is 10.7. The molecule has 1 unspecified atom stereocenters. The van der Waals surface area contributed by atoms with Gasteiger partial charge in [0.2, 0.25) is 0 Å². The zero-order valence-electron chi connectivity index (χ0n) is 10.8. The number of carbonyl (C=O) groups is 1. The van der Waals surface area contributed by atoms with Crippen molar-refractivity contribution in [1.82, 2.24) is 0 Å². The van der Waals surface area contributed by atoms with Crippen LogP contribution >= 0.6 is 0 Å². The summed E-state index contributed by atoms with van der Waals surface area (Å²) in [5, 5.41) is 0. The van der Waals surface area contributed by atoms with E-state index >= 15 is 0 Å². The Bertz CT molecular complexity index is 394. The molecular formula is C14H19O3. The molecule has 0 N–H and O–H groups in total. The van der Waals surface area contributed by atoms with Crippen LogP contribution in [0.25, 0.3) is 0 Å². The largest absolute Gasteiger partial charge is 0.491 e. The third-order valence-electron chi connectivity index (χ3n) is 2.10. The predicted molar refractivity (Wildman–Crippen MR) is 67.3 cm³/mol. The Kier molecular flexibility index (Phi) is 4.55. The number of ether oxygens (including phenoxy) is 2. The molecule has 1 aromatic carbocycles. The molecule has 0 fully saturated rings. The second-order valence-corrected chi connectivity index (χ2v) is 4.40. The van der Waals surface area contributed by atoms with Gasteiger partial charge in [0.05, 0.1) is 6.10 Å². The minimum atomic E-state index is -0.339. The maximum atomic E-state index is 10.9. The van der Waals surface area contributed by atoms with Crippen LogP contribution in [0.15, 0.2) is 18.2 Å². The van der Waals surface area contributed by atoms with Gasteiger partial charge >= 0.3 is 5.97 Å². The van der Waals surface area contributed by atoms with E-state index in [1.54, 1.807) is 6.07 Å². The number of rotatable bonds is 4. The summed E-state index contributed by atoms with van der Waals surface area (Å²) in [4.78, 5) is 10.9. The van der Waals surface area contributed by atoms with Crippen molar-refractivity contribution in [1.29, 1.82) is 0 Å². The van der Waals surface area contributed by atoms with Gasteiger partial charge in [0.15, 0.2) is 0 Å². The van der Waals surface area contributed by atoms with E-state index in [1.165, 1.54) is 6.92 Å². The number of esters is 1. The molecule has 0 amide bonds. The van der Waals surface area contributed by atoms with E-state index in [9.17, 15) is 4.79 Å². The molecule has 3 nitrogen and oxygen atoms in total. The Morgan fingerprint density at radius 1 is 1.18 bits per heavy atom. The number of carbonyl (C=O) groups excluding carboxylic acids is 1. The van der Waals surface area contributed by atoms with Gasteiger partial charge in [-0.1, -0.05) is 6.92 Å². The molecule has 93 valence electrons. The molecule has 17 heavy (non-hydrogen) atoms. The van der Waals surface area contributed by atoms with Gasteiger partial charge in [-0.2, -0.15) is 0 Å². The van der Waals surface area contributed by atoms with E-state index in [2.05, 4.69) is 6.92 Å². The Balaban J connectivity index is 3.04. The summed E-state index contributed by atoms with van der Waals surface area (Å²) >= 11 is 0. The van der Waals surface area contributed by atoms with Crippen LogP contribution in [0.3, 0.4) is 0 Å². The normalized spacial score (nSPS) is 10.8. The van der Waals surface area contributed by atoms with E-state index in [-0.39, 0.29) is 18.0 Å². The lowest BCUT2D eigenvalue weighted by atomic mass is 10.0. The first-order valence-corrected chi connectivity index (χ1v) is 5.71. The lowest BCUT2D eigenvalue weighted by Crippen LogP contribution is -2.07. The molecule has 0 aliphatic rings. The average Bonchev–Trinajstić information content (AvgIpc) is 2.14. The molecule has 0 saturated heterocycles. The molecule has 1 rings (SSSR count). The standard InChI is InChI=1S/C14H19O3/c1-9(2)12-6-13(16-10(3)4)8-14(7-12)17-11(5)15/h6-10H,1H2,2-5H3. The van der Waals surface area contributed by atoms with Gasteiger partial charge < -0.3 is 9.47 Å². The minimum absolute atomic E-state index is 0.0792. The molecule has 0 spiro atoms. The second kappa shape index (κ2) is 5.71. The van der Waals surface area contributed by atoms with E-state index in [4.69, 9.17) is 9.47 Å². The molecule has 0 aromatic heterocycles. The Hall–Kier alpha value is -1.51. The highest BCUT2D eigenvalue weighted by atomic mass is 16.5. The van der Waals surface area contributed by atoms with Gasteiger partial charge in [-0.05, 0) is 44.4 Å². The minimum Gasteiger partial charge on any atom is -0.491 e. The van der Waals surface area contributed by atoms with Crippen molar-refractivity contribution >= 4 is 5.97 Å². The molecule has 0 bridgehead atoms. The molecule has 3 heteroatoms. The third kappa shape index (κ3) is 4.47. The van der Waals surface area contributed by atoms with Crippen molar-refractivity contribution in [2.45, 2.75) is 39.7 Å². The summed E-state index contributed by atoms with van der Waals surface area (Å²) in [6, 6.07) is 5.45. The topological polar surface area (TPSA) is 35.5 Å². The first-order chi connectivity index (χ1) is 7.88. The Morgan fingerprint density at radius 3 is 2.24 bits per heavy atom. The maximum Gasteiger partial charge on any atom is 0.308 e. The molecule has 1 radical (unpaired) electrons. The zero-order chi connectivity index (χ0) is 13.0. The van der Waals surface area contributed by atoms with Gasteiger partial charge in [0, 0.05) is 13.0 Å². The lowest BCUT2D eigenvalue weighted by molar-refractivity contribution is -0.131. The van der Waals surface area contributed by atoms with Crippen molar-refractivity contribution in [3.05, 3.63) is 30.7 Å². The predicted octanol–water partition coefficient (Wildman–Crippen LogP) is 3.34. The average molecular weight is 235 g/mol. The number of hydrogen-bond donors (Lipinski definition) is 0. The fourth-order valence-corrected chi connectivity index (χ4v) is 1.44. The van der Waals surface area contributed by atoms with Crippen LogP contribution in [0.2, 0.25) is 0 Å². The fraction of sp³-hybridized carbons (Fsp3) is 0.429. The van der Waals surface area contributed by atoms with Crippen molar-refractivity contribution in [2.24, 2.45) is 0 Å². The first kappa shape index (κ1) is 13.6. The molecule has 0 saturated carbocycles. The van der Waals surface area contributed by atoms with Gasteiger partial charge in [0.1, 0.15) is 11.5 Å². The second-order valence-electron chi connectivity index (χ2n) is 4.40. The van der Waals surface area contributed by atoms with Crippen LogP contribution < -0.4 is 9.47 Å². The maximum absolute atomic E-state index is 10.9. The SMILES string of the molecule is [CH2]C(C)c1cc(OC(C)=O)cc(OC(C)C)c1. The number of hydrogen-bond acceptors (Lipinski definition) is 3.